The number of nitro benzene ring substituents is 1. The van der Waals surface area contributed by atoms with Gasteiger partial charge in [0.15, 0.2) is 5.82 Å². The van der Waals surface area contributed by atoms with E-state index in [4.69, 9.17) is 5.73 Å². The van der Waals surface area contributed by atoms with Crippen LogP contribution >= 0.6 is 0 Å². The first-order chi connectivity index (χ1) is 8.61. The molecule has 0 spiro atoms. The molecule has 3 N–H and O–H groups in total. The van der Waals surface area contributed by atoms with Gasteiger partial charge in [-0.3, -0.25) is 14.9 Å². The number of nitrogens with one attached hydrogen (secondary N) is 1. The molecule has 0 fully saturated rings. The van der Waals surface area contributed by atoms with E-state index in [1.54, 1.807) is 0 Å². The molecule has 6 nitrogen and oxygen atoms in total. The molecule has 7 heteroatoms. The van der Waals surface area contributed by atoms with Gasteiger partial charge in [-0.2, -0.15) is 0 Å². The van der Waals surface area contributed by atoms with Crippen LogP contribution in [-0.4, -0.2) is 17.4 Å². The highest BCUT2D eigenvalue weighted by molar-refractivity contribution is 5.99. The van der Waals surface area contributed by atoms with Crippen LogP contribution in [0.2, 0.25) is 0 Å². The molecule has 0 radical (unpaired) electrons. The molecule has 0 saturated carbocycles. The molecule has 1 aromatic carbocycles. The van der Waals surface area contributed by atoms with Crippen molar-refractivity contribution in [2.24, 2.45) is 5.41 Å². The molecule has 0 heterocycles. The summed E-state index contributed by atoms with van der Waals surface area (Å²) >= 11 is 0. The summed E-state index contributed by atoms with van der Waals surface area (Å²) in [6, 6.07) is 1.63. The summed E-state index contributed by atoms with van der Waals surface area (Å²) < 4.78 is 13.2. The van der Waals surface area contributed by atoms with Crippen molar-refractivity contribution in [2.45, 2.75) is 20.8 Å². The largest absolute Gasteiger partial charge is 0.396 e. The fraction of sp³-hybridized carbons (Fsp3) is 0.417. The molecule has 0 aliphatic heterocycles. The number of hydrogen-bond acceptors (Lipinski definition) is 4. The summed E-state index contributed by atoms with van der Waals surface area (Å²) in [6.45, 7) is 6.04. The van der Waals surface area contributed by atoms with Gasteiger partial charge >= 0.3 is 0 Å². The molecular weight excluding hydrogens is 253 g/mol. The van der Waals surface area contributed by atoms with Gasteiger partial charge < -0.3 is 11.1 Å². The molecule has 0 unspecified atom stereocenters. The van der Waals surface area contributed by atoms with E-state index in [0.717, 1.165) is 6.07 Å². The van der Waals surface area contributed by atoms with Gasteiger partial charge in [-0.1, -0.05) is 20.8 Å². The van der Waals surface area contributed by atoms with Gasteiger partial charge in [0.2, 0.25) is 0 Å². The summed E-state index contributed by atoms with van der Waals surface area (Å²) in [4.78, 5) is 21.9. The predicted molar refractivity (Wildman–Crippen MR) is 69.3 cm³/mol. The molecule has 0 bridgehead atoms. The van der Waals surface area contributed by atoms with Gasteiger partial charge in [0.1, 0.15) is 5.56 Å². The van der Waals surface area contributed by atoms with Crippen molar-refractivity contribution in [3.05, 3.63) is 33.6 Å². The van der Waals surface area contributed by atoms with Gasteiger partial charge in [-0.25, -0.2) is 4.39 Å². The Morgan fingerprint density at radius 3 is 2.53 bits per heavy atom. The second-order valence-corrected chi connectivity index (χ2v) is 5.39. The third-order valence-corrected chi connectivity index (χ3v) is 2.34. The first-order valence-electron chi connectivity index (χ1n) is 5.63. The van der Waals surface area contributed by atoms with Crippen LogP contribution in [0, 0.1) is 21.3 Å². The van der Waals surface area contributed by atoms with Gasteiger partial charge in [-0.15, -0.1) is 0 Å². The van der Waals surface area contributed by atoms with Crippen LogP contribution in [0.5, 0.6) is 0 Å². The number of halogens is 1. The second-order valence-electron chi connectivity index (χ2n) is 5.39. The van der Waals surface area contributed by atoms with Crippen molar-refractivity contribution in [1.82, 2.24) is 5.32 Å². The van der Waals surface area contributed by atoms with Crippen molar-refractivity contribution in [2.75, 3.05) is 12.3 Å². The summed E-state index contributed by atoms with van der Waals surface area (Å²) in [5, 5.41) is 13.4. The molecule has 104 valence electrons. The highest BCUT2D eigenvalue weighted by Crippen LogP contribution is 2.24. The molecule has 0 aliphatic rings. The number of nitrogens with zero attached hydrogens (tertiary/aromatic N) is 1. The Morgan fingerprint density at radius 2 is 2.05 bits per heavy atom. The van der Waals surface area contributed by atoms with Crippen LogP contribution in [0.3, 0.4) is 0 Å². The van der Waals surface area contributed by atoms with Gasteiger partial charge in [0, 0.05) is 6.54 Å². The Morgan fingerprint density at radius 1 is 1.47 bits per heavy atom. The average molecular weight is 269 g/mol. The number of nitrogens with two attached hydrogens (primary N) is 1. The highest BCUT2D eigenvalue weighted by Gasteiger charge is 2.23. The summed E-state index contributed by atoms with van der Waals surface area (Å²) in [5.74, 6) is -1.56. The number of rotatable bonds is 3. The maximum atomic E-state index is 13.2. The van der Waals surface area contributed by atoms with Crippen LogP contribution in [0.1, 0.15) is 31.1 Å². The Balaban J connectivity index is 3.08. The van der Waals surface area contributed by atoms with Crippen molar-refractivity contribution in [1.29, 1.82) is 0 Å². The number of hydrogen-bond donors (Lipinski definition) is 2. The molecule has 1 amide bonds. The number of anilines is 1. The normalized spacial score (nSPS) is 11.2. The molecule has 1 aromatic rings. The van der Waals surface area contributed by atoms with E-state index in [-0.39, 0.29) is 16.7 Å². The van der Waals surface area contributed by atoms with E-state index in [0.29, 0.717) is 12.6 Å². The first kappa shape index (κ1) is 14.9. The van der Waals surface area contributed by atoms with E-state index in [1.165, 1.54) is 0 Å². The minimum absolute atomic E-state index is 0.171. The molecule has 0 aliphatic carbocycles. The quantitative estimate of drug-likeness (QED) is 0.498. The SMILES string of the molecule is CC(C)(C)CNC(=O)c1cc(N)c(F)cc1[N+](=O)[O-]. The van der Waals surface area contributed by atoms with Crippen molar-refractivity contribution < 1.29 is 14.1 Å². The van der Waals surface area contributed by atoms with Crippen LogP contribution in [0.15, 0.2) is 12.1 Å². The predicted octanol–water partition coefficient (Wildman–Crippen LogP) is 2.09. The molecule has 0 atom stereocenters. The molecule has 1 rings (SSSR count). The molecule has 0 saturated heterocycles. The standard InChI is InChI=1S/C12H16FN3O3/c1-12(2,3)6-15-11(17)7-4-9(14)8(13)5-10(7)16(18)19/h4-5H,6,14H2,1-3H3,(H,15,17). The number of nitro groups is 1. The van der Waals surface area contributed by atoms with E-state index in [1.807, 2.05) is 20.8 Å². The summed E-state index contributed by atoms with van der Waals surface area (Å²) in [5.41, 5.74) is 4.02. The number of nitrogen functional groups attached to an aromatic ring is 1. The molecular formula is C12H16FN3O3. The maximum absolute atomic E-state index is 13.2. The minimum Gasteiger partial charge on any atom is -0.396 e. The lowest BCUT2D eigenvalue weighted by Crippen LogP contribution is -2.32. The molecule has 0 aromatic heterocycles. The number of carbonyl (C=O) groups excluding carboxylic acids is 1. The zero-order valence-electron chi connectivity index (χ0n) is 11.0. The number of amides is 1. The lowest BCUT2D eigenvalue weighted by atomic mass is 9.97. The third kappa shape index (κ3) is 3.90. The monoisotopic (exact) mass is 269 g/mol. The van der Waals surface area contributed by atoms with Crippen molar-refractivity contribution in [3.8, 4) is 0 Å². The summed E-state index contributed by atoms with van der Waals surface area (Å²) in [7, 11) is 0. The van der Waals surface area contributed by atoms with E-state index in [2.05, 4.69) is 5.32 Å². The molecule has 19 heavy (non-hydrogen) atoms. The van der Waals surface area contributed by atoms with E-state index in [9.17, 15) is 19.3 Å². The summed E-state index contributed by atoms with van der Waals surface area (Å²) in [6.07, 6.45) is 0. The zero-order chi connectivity index (χ0) is 14.8. The number of carbonyl (C=O) groups is 1. The van der Waals surface area contributed by atoms with Crippen LogP contribution in [0.25, 0.3) is 0 Å². The van der Waals surface area contributed by atoms with Crippen LogP contribution < -0.4 is 11.1 Å². The van der Waals surface area contributed by atoms with E-state index < -0.39 is 22.3 Å². The Hall–Kier alpha value is -2.18. The topological polar surface area (TPSA) is 98.3 Å². The first-order valence-corrected chi connectivity index (χ1v) is 5.63. The van der Waals surface area contributed by atoms with Gasteiger partial charge in [0.25, 0.3) is 11.6 Å². The lowest BCUT2D eigenvalue weighted by Gasteiger charge is -2.18. The Bertz CT molecular complexity index is 524. The van der Waals surface area contributed by atoms with Gasteiger partial charge in [-0.05, 0) is 11.5 Å². The van der Waals surface area contributed by atoms with Crippen LogP contribution in [0.4, 0.5) is 15.8 Å². The van der Waals surface area contributed by atoms with Gasteiger partial charge in [0.05, 0.1) is 16.7 Å². The Labute approximate surface area is 109 Å². The zero-order valence-corrected chi connectivity index (χ0v) is 11.0. The van der Waals surface area contributed by atoms with Crippen LogP contribution in [-0.2, 0) is 0 Å². The van der Waals surface area contributed by atoms with Crippen molar-refractivity contribution in [3.63, 3.8) is 0 Å². The smallest absolute Gasteiger partial charge is 0.285 e. The second kappa shape index (κ2) is 5.21. The average Bonchev–Trinajstić information content (AvgIpc) is 2.27. The van der Waals surface area contributed by atoms with E-state index >= 15 is 0 Å². The third-order valence-electron chi connectivity index (χ3n) is 2.34. The van der Waals surface area contributed by atoms with Crippen molar-refractivity contribution >= 4 is 17.3 Å². The maximum Gasteiger partial charge on any atom is 0.285 e. The fourth-order valence-corrected chi connectivity index (χ4v) is 1.35. The highest BCUT2D eigenvalue weighted by atomic mass is 19.1. The fourth-order valence-electron chi connectivity index (χ4n) is 1.35. The lowest BCUT2D eigenvalue weighted by molar-refractivity contribution is -0.385. The number of benzene rings is 1. The Kier molecular flexibility index (Phi) is 4.08. The minimum atomic E-state index is -0.918.